The van der Waals surface area contributed by atoms with Gasteiger partial charge in [-0.3, -0.25) is 14.4 Å². The molecule has 1 aromatic carbocycles. The van der Waals surface area contributed by atoms with Crippen molar-refractivity contribution >= 4 is 34.5 Å². The van der Waals surface area contributed by atoms with Gasteiger partial charge in [-0.15, -0.1) is 0 Å². The van der Waals surface area contributed by atoms with Crippen molar-refractivity contribution in [2.75, 3.05) is 11.9 Å². The summed E-state index contributed by atoms with van der Waals surface area (Å²) in [4.78, 5) is 55.0. The van der Waals surface area contributed by atoms with Crippen molar-refractivity contribution < 1.29 is 23.5 Å². The summed E-state index contributed by atoms with van der Waals surface area (Å²) in [7, 11) is 0. The standard InChI is InChI=1S/C20H20N4O6/c1-11(18(26)21-13-4-5-15-16(8-13)23-20(28)22-15)30-19(27)12-7-17(25)24(9-12)10-14-3-2-6-29-14/h2-6,8,11-12H,7,9-10H2,1H3,(H,21,26)(H2,22,23,28)/t11-,12+/m0/s1. The quantitative estimate of drug-likeness (QED) is 0.523. The van der Waals surface area contributed by atoms with Crippen LogP contribution in [0.15, 0.2) is 45.8 Å². The van der Waals surface area contributed by atoms with Crippen LogP contribution in [0.5, 0.6) is 0 Å². The Morgan fingerprint density at radius 1 is 1.27 bits per heavy atom. The summed E-state index contributed by atoms with van der Waals surface area (Å²) in [5, 5.41) is 2.64. The van der Waals surface area contributed by atoms with Gasteiger partial charge in [0.05, 0.1) is 29.8 Å². The van der Waals surface area contributed by atoms with E-state index in [0.717, 1.165) is 0 Å². The monoisotopic (exact) mass is 412 g/mol. The highest BCUT2D eigenvalue weighted by atomic mass is 16.5. The first kappa shape index (κ1) is 19.5. The molecule has 3 heterocycles. The normalized spacial score (nSPS) is 17.3. The van der Waals surface area contributed by atoms with Crippen LogP contribution in [0.2, 0.25) is 0 Å². The van der Waals surface area contributed by atoms with Gasteiger partial charge < -0.3 is 29.3 Å². The first-order valence-corrected chi connectivity index (χ1v) is 9.42. The van der Waals surface area contributed by atoms with Crippen LogP contribution in [0.3, 0.4) is 0 Å². The van der Waals surface area contributed by atoms with E-state index in [1.165, 1.54) is 18.1 Å². The van der Waals surface area contributed by atoms with E-state index in [0.29, 0.717) is 22.5 Å². The number of amides is 2. The van der Waals surface area contributed by atoms with E-state index in [-0.39, 0.29) is 31.1 Å². The van der Waals surface area contributed by atoms with E-state index >= 15 is 0 Å². The lowest BCUT2D eigenvalue weighted by molar-refractivity contribution is -0.157. The van der Waals surface area contributed by atoms with Crippen molar-refractivity contribution in [1.82, 2.24) is 14.9 Å². The zero-order valence-corrected chi connectivity index (χ0v) is 16.1. The van der Waals surface area contributed by atoms with Crippen LogP contribution < -0.4 is 11.0 Å². The largest absolute Gasteiger partial charge is 0.467 e. The highest BCUT2D eigenvalue weighted by molar-refractivity contribution is 5.97. The van der Waals surface area contributed by atoms with Gasteiger partial charge in [0.1, 0.15) is 5.76 Å². The molecule has 1 fully saturated rings. The molecule has 4 rings (SSSR count). The van der Waals surface area contributed by atoms with Crippen molar-refractivity contribution in [3.05, 3.63) is 52.8 Å². The van der Waals surface area contributed by atoms with Gasteiger partial charge >= 0.3 is 11.7 Å². The molecule has 1 saturated heterocycles. The smallest absolute Gasteiger partial charge is 0.323 e. The van der Waals surface area contributed by atoms with Gasteiger partial charge in [-0.05, 0) is 37.3 Å². The summed E-state index contributed by atoms with van der Waals surface area (Å²) < 4.78 is 10.5. The molecule has 10 nitrogen and oxygen atoms in total. The Balaban J connectivity index is 1.32. The third-order valence-electron chi connectivity index (χ3n) is 4.92. The van der Waals surface area contributed by atoms with Crippen molar-refractivity contribution in [2.45, 2.75) is 26.0 Å². The number of imidazole rings is 1. The maximum Gasteiger partial charge on any atom is 0.323 e. The summed E-state index contributed by atoms with van der Waals surface area (Å²) in [6.07, 6.45) is 0.506. The molecule has 0 bridgehead atoms. The average molecular weight is 412 g/mol. The number of nitrogens with zero attached hydrogens (tertiary/aromatic N) is 1. The molecule has 2 aromatic heterocycles. The molecule has 2 amide bonds. The number of esters is 1. The van der Waals surface area contributed by atoms with Gasteiger partial charge in [-0.1, -0.05) is 0 Å². The maximum atomic E-state index is 12.4. The van der Waals surface area contributed by atoms with Crippen molar-refractivity contribution in [2.24, 2.45) is 5.92 Å². The Bertz CT molecular complexity index is 1150. The number of hydrogen-bond acceptors (Lipinski definition) is 6. The minimum Gasteiger partial charge on any atom is -0.467 e. The van der Waals surface area contributed by atoms with Crippen LogP contribution in [-0.2, 0) is 25.7 Å². The number of nitrogens with one attached hydrogen (secondary N) is 3. The Kier molecular flexibility index (Phi) is 5.13. The topological polar surface area (TPSA) is 138 Å². The number of fused-ring (bicyclic) bond motifs is 1. The van der Waals surface area contributed by atoms with Crippen molar-refractivity contribution in [1.29, 1.82) is 0 Å². The summed E-state index contributed by atoms with van der Waals surface area (Å²) in [6.45, 7) is 1.96. The lowest BCUT2D eigenvalue weighted by Crippen LogP contribution is -2.33. The Hall–Kier alpha value is -3.82. The minimum absolute atomic E-state index is 0.0331. The molecule has 0 spiro atoms. The number of likely N-dealkylation sites (tertiary alicyclic amines) is 1. The summed E-state index contributed by atoms with van der Waals surface area (Å²) in [5.41, 5.74) is 1.26. The number of aromatic amines is 2. The van der Waals surface area contributed by atoms with Crippen LogP contribution in [0, 0.1) is 5.92 Å². The Morgan fingerprint density at radius 3 is 2.83 bits per heavy atom. The van der Waals surface area contributed by atoms with Crippen LogP contribution >= 0.6 is 0 Å². The fourth-order valence-electron chi connectivity index (χ4n) is 3.35. The number of carbonyl (C=O) groups excluding carboxylic acids is 3. The number of carbonyl (C=O) groups is 3. The number of benzene rings is 1. The van der Waals surface area contributed by atoms with Gasteiger partial charge in [0.25, 0.3) is 5.91 Å². The third kappa shape index (κ3) is 4.12. The number of rotatable bonds is 6. The lowest BCUT2D eigenvalue weighted by Gasteiger charge is -2.17. The van der Waals surface area contributed by atoms with Crippen LogP contribution in [0.1, 0.15) is 19.1 Å². The van der Waals surface area contributed by atoms with E-state index < -0.39 is 23.9 Å². The van der Waals surface area contributed by atoms with E-state index in [9.17, 15) is 19.2 Å². The highest BCUT2D eigenvalue weighted by Gasteiger charge is 2.36. The predicted molar refractivity (Wildman–Crippen MR) is 105 cm³/mol. The fourth-order valence-corrected chi connectivity index (χ4v) is 3.35. The van der Waals surface area contributed by atoms with Gasteiger partial charge in [0.2, 0.25) is 5.91 Å². The summed E-state index contributed by atoms with van der Waals surface area (Å²) >= 11 is 0. The maximum absolute atomic E-state index is 12.4. The average Bonchev–Trinajstić information content (AvgIpc) is 3.42. The zero-order valence-electron chi connectivity index (χ0n) is 16.1. The second-order valence-corrected chi connectivity index (χ2v) is 7.16. The van der Waals surface area contributed by atoms with Gasteiger partial charge in [0, 0.05) is 18.7 Å². The second kappa shape index (κ2) is 7.90. The van der Waals surface area contributed by atoms with Gasteiger partial charge in [0.15, 0.2) is 6.10 Å². The van der Waals surface area contributed by atoms with E-state index in [1.54, 1.807) is 30.3 Å². The van der Waals surface area contributed by atoms with Gasteiger partial charge in [-0.2, -0.15) is 0 Å². The number of furan rings is 1. The van der Waals surface area contributed by atoms with Crippen LogP contribution in [0.4, 0.5) is 5.69 Å². The molecule has 0 saturated carbocycles. The molecular formula is C20H20N4O6. The molecule has 3 N–H and O–H groups in total. The molecule has 0 unspecified atom stereocenters. The van der Waals surface area contributed by atoms with Crippen LogP contribution in [0.25, 0.3) is 11.0 Å². The fraction of sp³-hybridized carbons (Fsp3) is 0.300. The molecule has 10 heteroatoms. The number of hydrogen-bond donors (Lipinski definition) is 3. The molecule has 3 aromatic rings. The number of ether oxygens (including phenoxy) is 1. The van der Waals surface area contributed by atoms with Crippen molar-refractivity contribution in [3.8, 4) is 0 Å². The first-order valence-electron chi connectivity index (χ1n) is 9.42. The van der Waals surface area contributed by atoms with Gasteiger partial charge in [-0.25, -0.2) is 4.79 Å². The Morgan fingerprint density at radius 2 is 2.07 bits per heavy atom. The molecule has 1 aliphatic heterocycles. The SMILES string of the molecule is C[C@H](OC(=O)[C@@H]1CC(=O)N(Cc2ccco2)C1)C(=O)Nc1ccc2[nH]c(=O)[nH]c2c1. The number of H-pyrrole nitrogens is 2. The van der Waals surface area contributed by atoms with E-state index in [4.69, 9.17) is 9.15 Å². The molecule has 30 heavy (non-hydrogen) atoms. The molecular weight excluding hydrogens is 392 g/mol. The molecule has 2 atom stereocenters. The third-order valence-corrected chi connectivity index (χ3v) is 4.92. The molecule has 0 radical (unpaired) electrons. The van der Waals surface area contributed by atoms with E-state index in [1.807, 2.05) is 0 Å². The number of aromatic nitrogens is 2. The molecule has 0 aliphatic carbocycles. The second-order valence-electron chi connectivity index (χ2n) is 7.16. The number of anilines is 1. The highest BCUT2D eigenvalue weighted by Crippen LogP contribution is 2.22. The summed E-state index contributed by atoms with van der Waals surface area (Å²) in [5.74, 6) is -1.29. The first-order chi connectivity index (χ1) is 14.4. The van der Waals surface area contributed by atoms with E-state index in [2.05, 4.69) is 15.3 Å². The lowest BCUT2D eigenvalue weighted by atomic mass is 10.1. The van der Waals surface area contributed by atoms with Crippen molar-refractivity contribution in [3.63, 3.8) is 0 Å². The zero-order chi connectivity index (χ0) is 21.3. The summed E-state index contributed by atoms with van der Waals surface area (Å²) in [6, 6.07) is 8.36. The molecule has 156 valence electrons. The molecule has 1 aliphatic rings. The van der Waals surface area contributed by atoms with Crippen LogP contribution in [-0.4, -0.2) is 45.3 Å². The Labute approximate surface area is 170 Å². The predicted octanol–water partition coefficient (Wildman–Crippen LogP) is 1.37. The minimum atomic E-state index is -1.05.